The van der Waals surface area contributed by atoms with Gasteiger partial charge in [-0.25, -0.2) is 4.98 Å². The van der Waals surface area contributed by atoms with Gasteiger partial charge in [0.2, 0.25) is 0 Å². The molecule has 0 unspecified atom stereocenters. The van der Waals surface area contributed by atoms with Crippen LogP contribution < -0.4 is 10.9 Å². The smallest absolute Gasteiger partial charge is 0.270 e. The number of carbonyl (C=O) groups excluding carboxylic acids is 1. The van der Waals surface area contributed by atoms with Crippen LogP contribution in [0.5, 0.6) is 0 Å². The Morgan fingerprint density at radius 1 is 1.47 bits per heavy atom. The number of carbonyl (C=O) groups is 1. The van der Waals surface area contributed by atoms with Crippen molar-refractivity contribution < 1.29 is 4.79 Å². The van der Waals surface area contributed by atoms with Gasteiger partial charge in [-0.3, -0.25) is 14.0 Å². The quantitative estimate of drug-likeness (QED) is 0.839. The summed E-state index contributed by atoms with van der Waals surface area (Å²) < 4.78 is 1.37. The molecule has 2 rings (SSSR count). The summed E-state index contributed by atoms with van der Waals surface area (Å²) in [6.07, 6.45) is 2.95. The largest absolute Gasteiger partial charge is 0.340 e. The number of amides is 1. The van der Waals surface area contributed by atoms with Crippen molar-refractivity contribution >= 4 is 11.6 Å². The lowest BCUT2D eigenvalue weighted by Crippen LogP contribution is -2.36. The first-order chi connectivity index (χ1) is 9.15. The average Bonchev–Trinajstić information content (AvgIpc) is 2.44. The van der Waals surface area contributed by atoms with Gasteiger partial charge >= 0.3 is 0 Å². The summed E-state index contributed by atoms with van der Waals surface area (Å²) in [4.78, 5) is 30.0. The van der Waals surface area contributed by atoms with Crippen LogP contribution in [0.1, 0.15) is 10.4 Å². The van der Waals surface area contributed by atoms with E-state index in [4.69, 9.17) is 0 Å². The fraction of sp³-hybridized carbons (Fsp3) is 0.308. The van der Waals surface area contributed by atoms with Crippen LogP contribution >= 0.6 is 0 Å². The van der Waals surface area contributed by atoms with Crippen LogP contribution in [0.15, 0.2) is 35.4 Å². The van der Waals surface area contributed by atoms with Gasteiger partial charge in [-0.2, -0.15) is 0 Å². The molecule has 2 heterocycles. The van der Waals surface area contributed by atoms with E-state index in [2.05, 4.69) is 10.3 Å². The SMILES string of the molecule is CNCCN(C)C(=O)c1cnc2ccccn2c1=O. The van der Waals surface area contributed by atoms with E-state index in [0.29, 0.717) is 18.7 Å². The van der Waals surface area contributed by atoms with Gasteiger partial charge in [-0.15, -0.1) is 0 Å². The first-order valence-corrected chi connectivity index (χ1v) is 6.01. The lowest BCUT2D eigenvalue weighted by Gasteiger charge is -2.16. The van der Waals surface area contributed by atoms with E-state index >= 15 is 0 Å². The lowest BCUT2D eigenvalue weighted by atomic mass is 10.3. The maximum absolute atomic E-state index is 12.2. The van der Waals surface area contributed by atoms with E-state index in [9.17, 15) is 9.59 Å². The third-order valence-electron chi connectivity index (χ3n) is 2.89. The number of rotatable bonds is 4. The van der Waals surface area contributed by atoms with Crippen LogP contribution in [-0.2, 0) is 0 Å². The molecule has 2 aromatic heterocycles. The number of fused-ring (bicyclic) bond motifs is 1. The molecule has 0 radical (unpaired) electrons. The van der Waals surface area contributed by atoms with Crippen LogP contribution in [0.3, 0.4) is 0 Å². The molecular weight excluding hydrogens is 244 g/mol. The molecule has 6 heteroatoms. The van der Waals surface area contributed by atoms with Gasteiger partial charge in [-0.1, -0.05) is 6.07 Å². The van der Waals surface area contributed by atoms with E-state index < -0.39 is 0 Å². The number of hydrogen-bond donors (Lipinski definition) is 1. The zero-order chi connectivity index (χ0) is 13.8. The second-order valence-corrected chi connectivity index (χ2v) is 4.24. The summed E-state index contributed by atoms with van der Waals surface area (Å²) >= 11 is 0. The fourth-order valence-corrected chi connectivity index (χ4v) is 1.76. The molecule has 0 aromatic carbocycles. The number of aromatic nitrogens is 2. The fourth-order valence-electron chi connectivity index (χ4n) is 1.76. The van der Waals surface area contributed by atoms with Crippen LogP contribution in [0, 0.1) is 0 Å². The number of hydrogen-bond acceptors (Lipinski definition) is 4. The van der Waals surface area contributed by atoms with Gasteiger partial charge < -0.3 is 10.2 Å². The average molecular weight is 260 g/mol. The van der Waals surface area contributed by atoms with Crippen LogP contribution in [-0.4, -0.2) is 47.4 Å². The second-order valence-electron chi connectivity index (χ2n) is 4.24. The lowest BCUT2D eigenvalue weighted by molar-refractivity contribution is 0.0794. The molecule has 0 spiro atoms. The summed E-state index contributed by atoms with van der Waals surface area (Å²) in [5.74, 6) is -0.314. The third-order valence-corrected chi connectivity index (χ3v) is 2.89. The minimum atomic E-state index is -0.341. The van der Waals surface area contributed by atoms with Crippen LogP contribution in [0.25, 0.3) is 5.65 Å². The van der Waals surface area contributed by atoms with E-state index in [-0.39, 0.29) is 17.0 Å². The minimum absolute atomic E-state index is 0.0855. The van der Waals surface area contributed by atoms with Crippen molar-refractivity contribution in [2.45, 2.75) is 0 Å². The van der Waals surface area contributed by atoms with Crippen molar-refractivity contribution in [3.63, 3.8) is 0 Å². The standard InChI is InChI=1S/C13H16N4O2/c1-14-6-8-16(2)12(18)10-9-15-11-5-3-4-7-17(11)13(10)19/h3-5,7,9,14H,6,8H2,1-2H3. The summed E-state index contributed by atoms with van der Waals surface area (Å²) in [7, 11) is 3.48. The first kappa shape index (κ1) is 13.2. The number of likely N-dealkylation sites (N-methyl/N-ethyl adjacent to an activating group) is 2. The van der Waals surface area contributed by atoms with Crippen molar-refractivity contribution in [3.05, 3.63) is 46.5 Å². The highest BCUT2D eigenvalue weighted by Gasteiger charge is 2.16. The zero-order valence-corrected chi connectivity index (χ0v) is 11.0. The molecule has 1 amide bonds. The molecule has 100 valence electrons. The minimum Gasteiger partial charge on any atom is -0.340 e. The third kappa shape index (κ3) is 2.63. The zero-order valence-electron chi connectivity index (χ0n) is 11.0. The topological polar surface area (TPSA) is 66.7 Å². The Hall–Kier alpha value is -2.21. The Kier molecular flexibility index (Phi) is 3.91. The molecular formula is C13H16N4O2. The van der Waals surface area contributed by atoms with Crippen LogP contribution in [0.4, 0.5) is 0 Å². The van der Waals surface area contributed by atoms with Crippen molar-refractivity contribution in [1.82, 2.24) is 19.6 Å². The number of nitrogens with zero attached hydrogens (tertiary/aromatic N) is 3. The Labute approximate surface area is 110 Å². The molecule has 0 aliphatic rings. The summed E-state index contributed by atoms with van der Waals surface area (Å²) in [5.41, 5.74) is 0.274. The Bertz CT molecular complexity index is 650. The normalized spacial score (nSPS) is 10.6. The predicted octanol–water partition coefficient (Wildman–Crippen LogP) is -0.0141. The van der Waals surface area contributed by atoms with Crippen molar-refractivity contribution in [1.29, 1.82) is 0 Å². The molecule has 0 saturated carbocycles. The number of pyridine rings is 1. The van der Waals surface area contributed by atoms with Gasteiger partial charge in [0.1, 0.15) is 11.2 Å². The van der Waals surface area contributed by atoms with Gasteiger partial charge in [0, 0.05) is 32.5 Å². The molecule has 0 aliphatic heterocycles. The Morgan fingerprint density at radius 3 is 3.00 bits per heavy atom. The number of nitrogens with one attached hydrogen (secondary N) is 1. The van der Waals surface area contributed by atoms with Crippen LogP contribution in [0.2, 0.25) is 0 Å². The second kappa shape index (κ2) is 5.62. The molecule has 0 saturated heterocycles. The van der Waals surface area contributed by atoms with E-state index in [1.165, 1.54) is 15.5 Å². The molecule has 19 heavy (non-hydrogen) atoms. The Morgan fingerprint density at radius 2 is 2.26 bits per heavy atom. The highest BCUT2D eigenvalue weighted by atomic mass is 16.2. The van der Waals surface area contributed by atoms with E-state index in [1.807, 2.05) is 7.05 Å². The molecule has 0 atom stereocenters. The highest BCUT2D eigenvalue weighted by Crippen LogP contribution is 2.00. The maximum Gasteiger partial charge on any atom is 0.270 e. The molecule has 2 aromatic rings. The summed E-state index contributed by atoms with van der Waals surface area (Å²) in [6.45, 7) is 1.21. The van der Waals surface area contributed by atoms with E-state index in [0.717, 1.165) is 0 Å². The molecule has 0 bridgehead atoms. The molecule has 1 N–H and O–H groups in total. The predicted molar refractivity (Wildman–Crippen MR) is 72.3 cm³/mol. The highest BCUT2D eigenvalue weighted by molar-refractivity contribution is 5.93. The summed E-state index contributed by atoms with van der Waals surface area (Å²) in [6, 6.07) is 5.25. The van der Waals surface area contributed by atoms with Gasteiger partial charge in [0.25, 0.3) is 11.5 Å². The molecule has 0 fully saturated rings. The van der Waals surface area contributed by atoms with Gasteiger partial charge in [0.15, 0.2) is 0 Å². The summed E-state index contributed by atoms with van der Waals surface area (Å²) in [5, 5.41) is 2.96. The van der Waals surface area contributed by atoms with Gasteiger partial charge in [0.05, 0.1) is 0 Å². The van der Waals surface area contributed by atoms with Crippen molar-refractivity contribution in [2.24, 2.45) is 0 Å². The van der Waals surface area contributed by atoms with E-state index in [1.54, 1.807) is 31.4 Å². The van der Waals surface area contributed by atoms with Crippen molar-refractivity contribution in [3.8, 4) is 0 Å². The first-order valence-electron chi connectivity index (χ1n) is 6.01. The molecule has 0 aliphatic carbocycles. The maximum atomic E-state index is 12.2. The monoisotopic (exact) mass is 260 g/mol. The van der Waals surface area contributed by atoms with Crippen molar-refractivity contribution in [2.75, 3.05) is 27.2 Å². The van der Waals surface area contributed by atoms with Gasteiger partial charge in [-0.05, 0) is 19.2 Å². The Balaban J connectivity index is 2.38. The molecule has 6 nitrogen and oxygen atoms in total.